The van der Waals surface area contributed by atoms with E-state index in [-0.39, 0.29) is 10.8 Å². The minimum atomic E-state index is -0.197. The highest BCUT2D eigenvalue weighted by atomic mass is 15.3. The van der Waals surface area contributed by atoms with E-state index in [0.29, 0.717) is 11.5 Å². The van der Waals surface area contributed by atoms with E-state index < -0.39 is 0 Å². The maximum Gasteiger partial charge on any atom is 0.237 e. The molecule has 0 radical (unpaired) electrons. The minimum absolute atomic E-state index is 0.197. The fourth-order valence-electron chi connectivity index (χ4n) is 8.64. The van der Waals surface area contributed by atoms with E-state index in [1.807, 2.05) is 24.3 Å². The summed E-state index contributed by atoms with van der Waals surface area (Å²) in [7, 11) is 0. The fraction of sp³-hybridized carbons (Fsp3) is 0.130. The van der Waals surface area contributed by atoms with Gasteiger partial charge >= 0.3 is 0 Å². The van der Waals surface area contributed by atoms with Crippen molar-refractivity contribution in [3.8, 4) is 50.6 Å². The predicted octanol–water partition coefficient (Wildman–Crippen LogP) is 11.2. The average Bonchev–Trinajstić information content (AvgIpc) is 3.55. The number of rotatable bonds is 5. The molecule has 0 saturated carbocycles. The van der Waals surface area contributed by atoms with Gasteiger partial charge < -0.3 is 0 Å². The van der Waals surface area contributed by atoms with Crippen LogP contribution in [-0.2, 0) is 10.8 Å². The Hall–Kier alpha value is -6.38. The van der Waals surface area contributed by atoms with E-state index in [9.17, 15) is 5.26 Å². The van der Waals surface area contributed by atoms with Gasteiger partial charge in [-0.3, -0.25) is 4.90 Å². The molecule has 0 N–H and O–H groups in total. The van der Waals surface area contributed by atoms with Gasteiger partial charge in [-0.05, 0) is 109 Å². The molecule has 0 atom stereocenters. The summed E-state index contributed by atoms with van der Waals surface area (Å²) in [5.74, 6) is 0.495. The molecule has 0 unspecified atom stereocenters. The molecule has 1 aromatic heterocycles. The lowest BCUT2D eigenvalue weighted by Crippen LogP contribution is -2.17. The third kappa shape index (κ3) is 4.64. The van der Waals surface area contributed by atoms with Gasteiger partial charge in [-0.15, -0.1) is 0 Å². The molecule has 1 heterocycles. The van der Waals surface area contributed by atoms with Crippen molar-refractivity contribution in [2.45, 2.75) is 38.5 Å². The normalized spacial score (nSPS) is 14.2. The molecule has 0 bridgehead atoms. The van der Waals surface area contributed by atoms with Crippen molar-refractivity contribution in [3.63, 3.8) is 0 Å². The molecule has 2 aliphatic carbocycles. The summed E-state index contributed by atoms with van der Waals surface area (Å²) in [5, 5.41) is 9.60. The van der Waals surface area contributed by atoms with Crippen LogP contribution in [-0.4, -0.2) is 15.0 Å². The Balaban J connectivity index is 1.34. The maximum atomic E-state index is 9.60. The lowest BCUT2D eigenvalue weighted by molar-refractivity contribution is 0.662. The van der Waals surface area contributed by atoms with Crippen LogP contribution < -0.4 is 4.90 Å². The van der Waals surface area contributed by atoms with E-state index in [1.165, 1.54) is 68.3 Å². The minimum Gasteiger partial charge on any atom is -0.279 e. The van der Waals surface area contributed by atoms with Gasteiger partial charge in [0.05, 0.1) is 17.3 Å². The maximum absolute atomic E-state index is 9.60. The Bertz CT molecular complexity index is 2420. The van der Waals surface area contributed by atoms with Gasteiger partial charge in [0.15, 0.2) is 0 Å². The standard InChI is InChI=1S/C46H35N5/c1-45(2)40-17-7-5-11-36(40)38-15-9-13-34(42(38)45)30-23-31(35-14-10-16-39-37-12-6-8-18-41(37)46(3,4)43(35)39)25-33(24-30)51(44-49-27-48-28-50-44)32-21-19-29(26-47)20-22-32/h5-25,27-28H,1-4H3. The summed E-state index contributed by atoms with van der Waals surface area (Å²) in [4.78, 5) is 15.5. The zero-order valence-corrected chi connectivity index (χ0v) is 29.0. The van der Waals surface area contributed by atoms with E-state index >= 15 is 0 Å². The molecule has 0 aliphatic heterocycles. The summed E-state index contributed by atoms with van der Waals surface area (Å²) >= 11 is 0. The molecular weight excluding hydrogens is 623 g/mol. The second-order valence-electron chi connectivity index (χ2n) is 14.5. The second-order valence-corrected chi connectivity index (χ2v) is 14.5. The van der Waals surface area contributed by atoms with E-state index in [1.54, 1.807) is 0 Å². The molecule has 244 valence electrons. The first-order valence-electron chi connectivity index (χ1n) is 17.3. The van der Waals surface area contributed by atoms with Gasteiger partial charge in [-0.25, -0.2) is 15.0 Å². The molecule has 51 heavy (non-hydrogen) atoms. The summed E-state index contributed by atoms with van der Waals surface area (Å²) < 4.78 is 0. The zero-order chi connectivity index (χ0) is 34.9. The smallest absolute Gasteiger partial charge is 0.237 e. The second kappa shape index (κ2) is 11.3. The molecule has 0 amide bonds. The highest BCUT2D eigenvalue weighted by Gasteiger charge is 2.39. The van der Waals surface area contributed by atoms with Crippen LogP contribution >= 0.6 is 0 Å². The molecular formula is C46H35N5. The molecule has 6 aromatic carbocycles. The molecule has 0 saturated heterocycles. The van der Waals surface area contributed by atoms with Crippen LogP contribution in [0.4, 0.5) is 17.3 Å². The quantitative estimate of drug-likeness (QED) is 0.184. The van der Waals surface area contributed by atoms with Crippen molar-refractivity contribution < 1.29 is 0 Å². The molecule has 7 aromatic rings. The largest absolute Gasteiger partial charge is 0.279 e. The summed E-state index contributed by atoms with van der Waals surface area (Å²) in [5.41, 5.74) is 17.0. The Morgan fingerprint density at radius 2 is 0.980 bits per heavy atom. The summed E-state index contributed by atoms with van der Waals surface area (Å²) in [6.45, 7) is 9.35. The van der Waals surface area contributed by atoms with Crippen molar-refractivity contribution in [3.05, 3.63) is 168 Å². The highest BCUT2D eigenvalue weighted by Crippen LogP contribution is 2.55. The van der Waals surface area contributed by atoms with Crippen molar-refractivity contribution in [2.24, 2.45) is 0 Å². The Morgan fingerprint density at radius 1 is 0.510 bits per heavy atom. The van der Waals surface area contributed by atoms with Crippen LogP contribution in [0.1, 0.15) is 55.5 Å². The van der Waals surface area contributed by atoms with Crippen LogP contribution in [0.25, 0.3) is 44.5 Å². The number of nitriles is 1. The molecule has 2 aliphatic rings. The van der Waals surface area contributed by atoms with Gasteiger partial charge in [0.2, 0.25) is 5.95 Å². The first-order valence-corrected chi connectivity index (χ1v) is 17.3. The van der Waals surface area contributed by atoms with Gasteiger partial charge in [-0.1, -0.05) is 113 Å². The number of nitrogens with zero attached hydrogens (tertiary/aromatic N) is 5. The van der Waals surface area contributed by atoms with Gasteiger partial charge in [0.1, 0.15) is 12.7 Å². The number of hydrogen-bond donors (Lipinski definition) is 0. The van der Waals surface area contributed by atoms with E-state index in [2.05, 4.69) is 157 Å². The Kier molecular flexibility index (Phi) is 6.81. The lowest BCUT2D eigenvalue weighted by atomic mass is 9.77. The van der Waals surface area contributed by atoms with Gasteiger partial charge in [0.25, 0.3) is 0 Å². The predicted molar refractivity (Wildman–Crippen MR) is 205 cm³/mol. The molecule has 5 heteroatoms. The number of aromatic nitrogens is 3. The zero-order valence-electron chi connectivity index (χ0n) is 29.0. The molecule has 5 nitrogen and oxygen atoms in total. The Morgan fingerprint density at radius 3 is 1.49 bits per heavy atom. The number of fused-ring (bicyclic) bond motifs is 6. The number of benzene rings is 6. The van der Waals surface area contributed by atoms with E-state index in [0.717, 1.165) is 22.5 Å². The topological polar surface area (TPSA) is 65.7 Å². The Labute approximate surface area is 298 Å². The summed E-state index contributed by atoms with van der Waals surface area (Å²) in [6.07, 6.45) is 3.05. The van der Waals surface area contributed by atoms with Crippen LogP contribution in [0.2, 0.25) is 0 Å². The van der Waals surface area contributed by atoms with Crippen molar-refractivity contribution in [2.75, 3.05) is 4.90 Å². The fourth-order valence-corrected chi connectivity index (χ4v) is 8.64. The third-order valence-corrected chi connectivity index (χ3v) is 10.9. The lowest BCUT2D eigenvalue weighted by Gasteiger charge is -2.28. The monoisotopic (exact) mass is 657 g/mol. The number of anilines is 3. The first kappa shape index (κ1) is 30.7. The summed E-state index contributed by atoms with van der Waals surface area (Å²) in [6, 6.07) is 47.7. The SMILES string of the molecule is CC1(C)c2ccccc2-c2cccc(-c3cc(-c4cccc5c4C(C)(C)c4ccccc4-5)cc(N(c4ccc(C#N)cc4)c4ncncn4)c3)c21. The van der Waals surface area contributed by atoms with E-state index in [4.69, 9.17) is 0 Å². The van der Waals surface area contributed by atoms with Crippen LogP contribution in [0.3, 0.4) is 0 Å². The van der Waals surface area contributed by atoms with Crippen LogP contribution in [0, 0.1) is 11.3 Å². The number of hydrogen-bond acceptors (Lipinski definition) is 5. The van der Waals surface area contributed by atoms with Gasteiger partial charge in [0, 0.05) is 16.5 Å². The molecule has 0 fully saturated rings. The van der Waals surface area contributed by atoms with Crippen LogP contribution in [0.5, 0.6) is 0 Å². The third-order valence-electron chi connectivity index (χ3n) is 10.9. The van der Waals surface area contributed by atoms with Crippen molar-refractivity contribution >= 4 is 17.3 Å². The van der Waals surface area contributed by atoms with Crippen LogP contribution in [0.15, 0.2) is 140 Å². The first-order chi connectivity index (χ1) is 24.8. The molecule has 9 rings (SSSR count). The van der Waals surface area contributed by atoms with Gasteiger partial charge in [-0.2, -0.15) is 5.26 Å². The average molecular weight is 658 g/mol. The molecule has 0 spiro atoms. The van der Waals surface area contributed by atoms with Crippen molar-refractivity contribution in [1.29, 1.82) is 5.26 Å². The highest BCUT2D eigenvalue weighted by molar-refractivity contribution is 5.94. The van der Waals surface area contributed by atoms with Crippen molar-refractivity contribution in [1.82, 2.24) is 15.0 Å².